The SMILES string of the molecule is CC1CCCC(C)N1NC(=O)c1ccc(Br)cc1Br. The molecule has 1 aliphatic heterocycles. The van der Waals surface area contributed by atoms with E-state index in [0.717, 1.165) is 21.8 Å². The van der Waals surface area contributed by atoms with Crippen LogP contribution in [0, 0.1) is 0 Å². The van der Waals surface area contributed by atoms with E-state index >= 15 is 0 Å². The zero-order chi connectivity index (χ0) is 14.0. The predicted molar refractivity (Wildman–Crippen MR) is 83.9 cm³/mol. The Morgan fingerprint density at radius 3 is 2.47 bits per heavy atom. The predicted octanol–water partition coefficient (Wildman–Crippen LogP) is 4.12. The molecule has 1 amide bonds. The Bertz CT molecular complexity index is 469. The molecular formula is C14H18Br2N2O. The largest absolute Gasteiger partial charge is 0.284 e. The van der Waals surface area contributed by atoms with Gasteiger partial charge in [-0.1, -0.05) is 22.4 Å². The van der Waals surface area contributed by atoms with Crippen LogP contribution in [0.1, 0.15) is 43.5 Å². The number of hydrogen-bond donors (Lipinski definition) is 1. The smallest absolute Gasteiger partial charge is 0.266 e. The quantitative estimate of drug-likeness (QED) is 0.824. The van der Waals surface area contributed by atoms with Gasteiger partial charge >= 0.3 is 0 Å². The molecule has 1 heterocycles. The van der Waals surface area contributed by atoms with Gasteiger partial charge in [-0.05, 0) is 60.8 Å². The molecule has 2 atom stereocenters. The first-order chi connectivity index (χ1) is 8.99. The molecule has 1 aliphatic rings. The van der Waals surface area contributed by atoms with Crippen LogP contribution in [0.4, 0.5) is 0 Å². The molecule has 1 aromatic carbocycles. The minimum absolute atomic E-state index is 0.0556. The highest BCUT2D eigenvalue weighted by Crippen LogP contribution is 2.24. The molecule has 0 aliphatic carbocycles. The van der Waals surface area contributed by atoms with Crippen LogP contribution in [0.15, 0.2) is 27.1 Å². The van der Waals surface area contributed by atoms with Crippen molar-refractivity contribution >= 4 is 37.8 Å². The van der Waals surface area contributed by atoms with Crippen molar-refractivity contribution in [2.24, 2.45) is 0 Å². The van der Waals surface area contributed by atoms with Crippen molar-refractivity contribution in [3.63, 3.8) is 0 Å². The van der Waals surface area contributed by atoms with Crippen molar-refractivity contribution in [2.75, 3.05) is 0 Å². The molecule has 1 fully saturated rings. The Labute approximate surface area is 131 Å². The standard InChI is InChI=1S/C14H18Br2N2O/c1-9-4-3-5-10(2)18(9)17-14(19)12-7-6-11(15)8-13(12)16/h6-10H,3-5H2,1-2H3,(H,17,19). The molecule has 0 bridgehead atoms. The number of benzene rings is 1. The Morgan fingerprint density at radius 1 is 1.26 bits per heavy atom. The Kier molecular flexibility index (Phi) is 5.03. The maximum absolute atomic E-state index is 12.3. The summed E-state index contributed by atoms with van der Waals surface area (Å²) in [6, 6.07) is 6.37. The average Bonchev–Trinajstić information content (AvgIpc) is 2.33. The fraction of sp³-hybridized carbons (Fsp3) is 0.500. The number of rotatable bonds is 2. The molecule has 1 aromatic rings. The number of amides is 1. The number of hydrogen-bond acceptors (Lipinski definition) is 2. The summed E-state index contributed by atoms with van der Waals surface area (Å²) in [5, 5.41) is 2.08. The van der Waals surface area contributed by atoms with Gasteiger partial charge in [0.1, 0.15) is 0 Å². The number of halogens is 2. The summed E-state index contributed by atoms with van der Waals surface area (Å²) in [5.41, 5.74) is 3.70. The molecule has 0 spiro atoms. The molecule has 2 rings (SSSR count). The van der Waals surface area contributed by atoms with Crippen molar-refractivity contribution in [3.8, 4) is 0 Å². The third-order valence-corrected chi connectivity index (χ3v) is 4.75. The highest BCUT2D eigenvalue weighted by atomic mass is 79.9. The summed E-state index contributed by atoms with van der Waals surface area (Å²) < 4.78 is 1.76. The number of carbonyl (C=O) groups is 1. The lowest BCUT2D eigenvalue weighted by Crippen LogP contribution is -2.54. The first-order valence-electron chi connectivity index (χ1n) is 6.53. The summed E-state index contributed by atoms with van der Waals surface area (Å²) in [5.74, 6) is -0.0556. The summed E-state index contributed by atoms with van der Waals surface area (Å²) in [4.78, 5) is 12.3. The van der Waals surface area contributed by atoms with E-state index in [-0.39, 0.29) is 5.91 Å². The van der Waals surface area contributed by atoms with Crippen molar-refractivity contribution < 1.29 is 4.79 Å². The van der Waals surface area contributed by atoms with E-state index in [1.165, 1.54) is 6.42 Å². The van der Waals surface area contributed by atoms with E-state index in [1.807, 2.05) is 18.2 Å². The Hall–Kier alpha value is -0.390. The average molecular weight is 390 g/mol. The number of hydrazine groups is 1. The molecule has 0 radical (unpaired) electrons. The summed E-state index contributed by atoms with van der Waals surface area (Å²) in [6.45, 7) is 4.32. The lowest BCUT2D eigenvalue weighted by molar-refractivity contribution is 0.0369. The van der Waals surface area contributed by atoms with Crippen molar-refractivity contribution in [2.45, 2.75) is 45.2 Å². The monoisotopic (exact) mass is 388 g/mol. The summed E-state index contributed by atoms with van der Waals surface area (Å²) in [6.07, 6.45) is 3.49. The number of carbonyl (C=O) groups excluding carboxylic acids is 1. The topological polar surface area (TPSA) is 32.3 Å². The number of nitrogens with one attached hydrogen (secondary N) is 1. The van der Waals surface area contributed by atoms with Crippen LogP contribution in [0.3, 0.4) is 0 Å². The fourth-order valence-corrected chi connectivity index (χ4v) is 3.72. The minimum atomic E-state index is -0.0556. The van der Waals surface area contributed by atoms with Crippen LogP contribution in [0.25, 0.3) is 0 Å². The minimum Gasteiger partial charge on any atom is -0.284 e. The molecular weight excluding hydrogens is 372 g/mol. The molecule has 0 saturated carbocycles. The molecule has 0 aromatic heterocycles. The molecule has 104 valence electrons. The van der Waals surface area contributed by atoms with Crippen LogP contribution in [0.2, 0.25) is 0 Å². The van der Waals surface area contributed by atoms with Gasteiger partial charge in [-0.3, -0.25) is 10.2 Å². The van der Waals surface area contributed by atoms with E-state index < -0.39 is 0 Å². The van der Waals surface area contributed by atoms with Crippen LogP contribution in [-0.4, -0.2) is 23.0 Å². The van der Waals surface area contributed by atoms with Gasteiger partial charge in [0.25, 0.3) is 5.91 Å². The van der Waals surface area contributed by atoms with Crippen LogP contribution in [-0.2, 0) is 0 Å². The summed E-state index contributed by atoms with van der Waals surface area (Å²) in [7, 11) is 0. The third kappa shape index (κ3) is 3.58. The van der Waals surface area contributed by atoms with E-state index in [9.17, 15) is 4.79 Å². The molecule has 5 heteroatoms. The van der Waals surface area contributed by atoms with Crippen molar-refractivity contribution in [1.82, 2.24) is 10.4 Å². The zero-order valence-corrected chi connectivity index (χ0v) is 14.3. The normalized spacial score (nSPS) is 24.2. The molecule has 19 heavy (non-hydrogen) atoms. The van der Waals surface area contributed by atoms with Gasteiger partial charge in [-0.2, -0.15) is 0 Å². The van der Waals surface area contributed by atoms with Crippen molar-refractivity contribution in [3.05, 3.63) is 32.7 Å². The van der Waals surface area contributed by atoms with Gasteiger partial charge in [0.2, 0.25) is 0 Å². The van der Waals surface area contributed by atoms with Crippen LogP contribution >= 0.6 is 31.9 Å². The van der Waals surface area contributed by atoms with E-state index in [2.05, 4.69) is 56.1 Å². The van der Waals surface area contributed by atoms with E-state index in [4.69, 9.17) is 0 Å². The highest BCUT2D eigenvalue weighted by molar-refractivity contribution is 9.11. The first kappa shape index (κ1) is 15.0. The lowest BCUT2D eigenvalue weighted by Gasteiger charge is -2.38. The maximum Gasteiger partial charge on any atom is 0.266 e. The van der Waals surface area contributed by atoms with Gasteiger partial charge < -0.3 is 0 Å². The zero-order valence-electron chi connectivity index (χ0n) is 11.1. The third-order valence-electron chi connectivity index (χ3n) is 3.60. The lowest BCUT2D eigenvalue weighted by atomic mass is 10.00. The fourth-order valence-electron chi connectivity index (χ4n) is 2.49. The molecule has 1 N–H and O–H groups in total. The second kappa shape index (κ2) is 6.37. The maximum atomic E-state index is 12.3. The van der Waals surface area contributed by atoms with Gasteiger partial charge in [0, 0.05) is 21.0 Å². The summed E-state index contributed by atoms with van der Waals surface area (Å²) >= 11 is 6.82. The number of piperidine rings is 1. The Morgan fingerprint density at radius 2 is 1.89 bits per heavy atom. The van der Waals surface area contributed by atoms with Crippen LogP contribution < -0.4 is 5.43 Å². The van der Waals surface area contributed by atoms with Crippen molar-refractivity contribution in [1.29, 1.82) is 0 Å². The molecule has 1 saturated heterocycles. The number of nitrogens with zero attached hydrogens (tertiary/aromatic N) is 1. The van der Waals surface area contributed by atoms with Gasteiger partial charge in [-0.15, -0.1) is 0 Å². The molecule has 2 unspecified atom stereocenters. The van der Waals surface area contributed by atoms with Gasteiger partial charge in [0.15, 0.2) is 0 Å². The van der Waals surface area contributed by atoms with E-state index in [0.29, 0.717) is 17.6 Å². The molecule has 3 nitrogen and oxygen atoms in total. The van der Waals surface area contributed by atoms with Gasteiger partial charge in [0.05, 0.1) is 5.56 Å². The second-order valence-corrected chi connectivity index (χ2v) is 6.87. The second-order valence-electron chi connectivity index (χ2n) is 5.10. The van der Waals surface area contributed by atoms with Crippen LogP contribution in [0.5, 0.6) is 0 Å². The first-order valence-corrected chi connectivity index (χ1v) is 8.12. The van der Waals surface area contributed by atoms with Gasteiger partial charge in [-0.25, -0.2) is 5.01 Å². The Balaban J connectivity index is 2.11. The van der Waals surface area contributed by atoms with E-state index in [1.54, 1.807) is 0 Å². The highest BCUT2D eigenvalue weighted by Gasteiger charge is 2.26.